The maximum absolute atomic E-state index is 12.1. The van der Waals surface area contributed by atoms with Gasteiger partial charge in [0.2, 0.25) is 0 Å². The van der Waals surface area contributed by atoms with Crippen LogP contribution in [0.3, 0.4) is 0 Å². The molecule has 2 fully saturated rings. The molecule has 0 bridgehead atoms. The predicted molar refractivity (Wildman–Crippen MR) is 105 cm³/mol. The average Bonchev–Trinajstić information content (AvgIpc) is 3.65. The van der Waals surface area contributed by atoms with Crippen molar-refractivity contribution in [2.75, 3.05) is 26.4 Å². The monoisotopic (exact) mass is 396 g/mol. The molecule has 0 spiro atoms. The third-order valence-corrected chi connectivity index (χ3v) is 5.29. The van der Waals surface area contributed by atoms with Crippen molar-refractivity contribution in [3.05, 3.63) is 70.8 Å². The van der Waals surface area contributed by atoms with Gasteiger partial charge in [-0.05, 0) is 35.4 Å². The standard InChI is InChI=1S/C23H24O6/c1-23(2,17-7-3-15(4-8-17)21(24)28-13-19-11-26-19)18-9-5-16(6-10-18)22(25)29-14-20-12-27-20/h3-10,19-20H,11-14H2,1-2H3. The SMILES string of the molecule is CC(C)(c1ccc(C(=O)OCC2CO2)cc1)c1ccc(C(=O)OCC2CO2)cc1. The Hall–Kier alpha value is -2.70. The van der Waals surface area contributed by atoms with Gasteiger partial charge in [-0.15, -0.1) is 0 Å². The number of esters is 2. The molecule has 0 N–H and O–H groups in total. The largest absolute Gasteiger partial charge is 0.459 e. The molecule has 2 aromatic rings. The van der Waals surface area contributed by atoms with Crippen molar-refractivity contribution >= 4 is 11.9 Å². The number of carbonyl (C=O) groups excluding carboxylic acids is 2. The minimum Gasteiger partial charge on any atom is -0.459 e. The second-order valence-corrected chi connectivity index (χ2v) is 7.89. The van der Waals surface area contributed by atoms with Gasteiger partial charge in [0.15, 0.2) is 0 Å². The second kappa shape index (κ2) is 7.97. The van der Waals surface area contributed by atoms with E-state index in [1.165, 1.54) is 0 Å². The van der Waals surface area contributed by atoms with E-state index in [0.29, 0.717) is 37.6 Å². The van der Waals surface area contributed by atoms with Gasteiger partial charge < -0.3 is 18.9 Å². The summed E-state index contributed by atoms with van der Waals surface area (Å²) in [5, 5.41) is 0. The fraction of sp³-hybridized carbons (Fsp3) is 0.391. The van der Waals surface area contributed by atoms with E-state index in [4.69, 9.17) is 18.9 Å². The summed E-state index contributed by atoms with van der Waals surface area (Å²) in [5.41, 5.74) is 2.85. The first-order chi connectivity index (χ1) is 13.9. The lowest BCUT2D eigenvalue weighted by atomic mass is 9.78. The average molecular weight is 396 g/mol. The maximum Gasteiger partial charge on any atom is 0.338 e. The van der Waals surface area contributed by atoms with Crippen LogP contribution in [0.15, 0.2) is 48.5 Å². The van der Waals surface area contributed by atoms with Crippen molar-refractivity contribution in [3.63, 3.8) is 0 Å². The normalized spacial score (nSPS) is 20.1. The fourth-order valence-corrected chi connectivity index (χ4v) is 3.05. The molecule has 0 aromatic heterocycles. The molecule has 2 aliphatic heterocycles. The first kappa shape index (κ1) is 19.6. The van der Waals surface area contributed by atoms with E-state index in [9.17, 15) is 9.59 Å². The van der Waals surface area contributed by atoms with Gasteiger partial charge in [-0.25, -0.2) is 9.59 Å². The Morgan fingerprint density at radius 3 is 1.45 bits per heavy atom. The van der Waals surface area contributed by atoms with Crippen molar-refractivity contribution in [1.82, 2.24) is 0 Å². The van der Waals surface area contributed by atoms with Crippen LogP contribution in [-0.2, 0) is 24.4 Å². The first-order valence-corrected chi connectivity index (χ1v) is 9.72. The van der Waals surface area contributed by atoms with E-state index in [1.54, 1.807) is 24.3 Å². The summed E-state index contributed by atoms with van der Waals surface area (Å²) < 4.78 is 20.5. The molecule has 152 valence electrons. The summed E-state index contributed by atoms with van der Waals surface area (Å²) in [6.07, 6.45) is 0.110. The Morgan fingerprint density at radius 2 is 1.14 bits per heavy atom. The summed E-state index contributed by atoms with van der Waals surface area (Å²) in [7, 11) is 0. The predicted octanol–water partition coefficient (Wildman–Crippen LogP) is 3.12. The second-order valence-electron chi connectivity index (χ2n) is 7.89. The molecule has 0 aliphatic carbocycles. The van der Waals surface area contributed by atoms with E-state index in [2.05, 4.69) is 13.8 Å². The van der Waals surface area contributed by atoms with Gasteiger partial charge in [-0.2, -0.15) is 0 Å². The molecule has 2 heterocycles. The van der Waals surface area contributed by atoms with Crippen LogP contribution in [0.5, 0.6) is 0 Å². The molecule has 0 saturated carbocycles. The summed E-state index contributed by atoms with van der Waals surface area (Å²) in [4.78, 5) is 24.2. The van der Waals surface area contributed by atoms with Crippen LogP contribution >= 0.6 is 0 Å². The highest BCUT2D eigenvalue weighted by Crippen LogP contribution is 2.32. The number of carbonyl (C=O) groups is 2. The highest BCUT2D eigenvalue weighted by Gasteiger charge is 2.27. The smallest absolute Gasteiger partial charge is 0.338 e. The van der Waals surface area contributed by atoms with E-state index >= 15 is 0 Å². The van der Waals surface area contributed by atoms with Crippen LogP contribution in [0.25, 0.3) is 0 Å². The molecule has 2 aliphatic rings. The maximum atomic E-state index is 12.1. The Kier molecular flexibility index (Phi) is 5.39. The molecule has 4 rings (SSSR count). The van der Waals surface area contributed by atoms with Crippen LogP contribution in [-0.4, -0.2) is 50.6 Å². The highest BCUT2D eigenvalue weighted by atomic mass is 16.6. The lowest BCUT2D eigenvalue weighted by Gasteiger charge is -2.26. The minimum atomic E-state index is -0.343. The molecular formula is C23H24O6. The third-order valence-electron chi connectivity index (χ3n) is 5.29. The molecule has 6 heteroatoms. The molecule has 2 unspecified atom stereocenters. The van der Waals surface area contributed by atoms with Crippen LogP contribution < -0.4 is 0 Å². The number of epoxide rings is 2. The molecule has 2 saturated heterocycles. The fourth-order valence-electron chi connectivity index (χ4n) is 3.05. The third kappa shape index (κ3) is 4.83. The summed E-state index contributed by atoms with van der Waals surface area (Å²) in [6, 6.07) is 14.8. The van der Waals surface area contributed by atoms with Crippen molar-refractivity contribution < 1.29 is 28.5 Å². The molecule has 2 aromatic carbocycles. The van der Waals surface area contributed by atoms with Gasteiger partial charge >= 0.3 is 11.9 Å². The minimum absolute atomic E-state index is 0.0550. The molecule has 0 radical (unpaired) electrons. The first-order valence-electron chi connectivity index (χ1n) is 9.72. The molecule has 29 heavy (non-hydrogen) atoms. The summed E-state index contributed by atoms with van der Waals surface area (Å²) in [5.74, 6) is -0.686. The van der Waals surface area contributed by atoms with E-state index < -0.39 is 0 Å². The number of ether oxygens (including phenoxy) is 4. The van der Waals surface area contributed by atoms with E-state index in [-0.39, 0.29) is 29.6 Å². The van der Waals surface area contributed by atoms with Gasteiger partial charge in [0.05, 0.1) is 24.3 Å². The Balaban J connectivity index is 1.41. The lowest BCUT2D eigenvalue weighted by molar-refractivity contribution is 0.0468. The molecular weight excluding hydrogens is 372 g/mol. The Labute approximate surface area is 169 Å². The molecule has 0 amide bonds. The van der Waals surface area contributed by atoms with Crippen LogP contribution in [0.4, 0.5) is 0 Å². The number of rotatable bonds is 8. The van der Waals surface area contributed by atoms with Gasteiger partial charge in [0.1, 0.15) is 25.4 Å². The van der Waals surface area contributed by atoms with Crippen LogP contribution in [0.1, 0.15) is 45.7 Å². The number of hydrogen-bond donors (Lipinski definition) is 0. The zero-order valence-electron chi connectivity index (χ0n) is 16.6. The topological polar surface area (TPSA) is 77.7 Å². The van der Waals surface area contributed by atoms with Crippen molar-refractivity contribution in [3.8, 4) is 0 Å². The highest BCUT2D eigenvalue weighted by molar-refractivity contribution is 5.90. The van der Waals surface area contributed by atoms with Gasteiger partial charge in [0, 0.05) is 5.41 Å². The van der Waals surface area contributed by atoms with E-state index in [0.717, 1.165) is 11.1 Å². The van der Waals surface area contributed by atoms with Crippen LogP contribution in [0, 0.1) is 0 Å². The lowest BCUT2D eigenvalue weighted by Crippen LogP contribution is -2.19. The quantitative estimate of drug-likeness (QED) is 0.504. The molecule has 2 atom stereocenters. The zero-order chi connectivity index (χ0) is 20.4. The number of hydrogen-bond acceptors (Lipinski definition) is 6. The van der Waals surface area contributed by atoms with Gasteiger partial charge in [-0.3, -0.25) is 0 Å². The van der Waals surface area contributed by atoms with Gasteiger partial charge in [-0.1, -0.05) is 38.1 Å². The Bertz CT molecular complexity index is 803. The van der Waals surface area contributed by atoms with Crippen molar-refractivity contribution in [2.24, 2.45) is 0 Å². The van der Waals surface area contributed by atoms with Crippen molar-refractivity contribution in [1.29, 1.82) is 0 Å². The van der Waals surface area contributed by atoms with E-state index in [1.807, 2.05) is 24.3 Å². The summed E-state index contributed by atoms with van der Waals surface area (Å²) >= 11 is 0. The van der Waals surface area contributed by atoms with Gasteiger partial charge in [0.25, 0.3) is 0 Å². The summed E-state index contributed by atoms with van der Waals surface area (Å²) in [6.45, 7) is 6.12. The van der Waals surface area contributed by atoms with Crippen LogP contribution in [0.2, 0.25) is 0 Å². The Morgan fingerprint density at radius 1 is 0.793 bits per heavy atom. The number of benzene rings is 2. The van der Waals surface area contributed by atoms with Crippen molar-refractivity contribution in [2.45, 2.75) is 31.5 Å². The molecule has 6 nitrogen and oxygen atoms in total. The zero-order valence-corrected chi connectivity index (χ0v) is 16.6.